The first-order valence-corrected chi connectivity index (χ1v) is 9.29. The minimum atomic E-state index is 0.338. The van der Waals surface area contributed by atoms with Gasteiger partial charge < -0.3 is 16.0 Å². The van der Waals surface area contributed by atoms with E-state index in [-0.39, 0.29) is 0 Å². The Labute approximate surface area is 143 Å². The molecule has 1 aromatic rings. The molecule has 1 amide bonds. The number of likely N-dealkylation sites (tertiary alicyclic amines) is 1. The molecule has 0 atom stereocenters. The molecule has 0 aromatic carbocycles. The number of anilines is 1. The van der Waals surface area contributed by atoms with Crippen molar-refractivity contribution in [2.24, 2.45) is 17.6 Å². The Kier molecular flexibility index (Phi) is 4.39. The summed E-state index contributed by atoms with van der Waals surface area (Å²) in [7, 11) is 0. The molecule has 130 valence electrons. The van der Waals surface area contributed by atoms with E-state index in [1.54, 1.807) is 6.33 Å². The van der Waals surface area contributed by atoms with E-state index in [1.165, 1.54) is 0 Å². The summed E-state index contributed by atoms with van der Waals surface area (Å²) in [5.41, 5.74) is 6.98. The minimum absolute atomic E-state index is 0.338. The Bertz CT molecular complexity index is 589. The van der Waals surface area contributed by atoms with Gasteiger partial charge in [-0.25, -0.2) is 9.97 Å². The van der Waals surface area contributed by atoms with Crippen molar-refractivity contribution in [2.75, 3.05) is 25.0 Å². The molecular formula is C18H27N5O. The van der Waals surface area contributed by atoms with Gasteiger partial charge in [0.2, 0.25) is 5.91 Å². The predicted molar refractivity (Wildman–Crippen MR) is 92.5 cm³/mol. The molecule has 6 heteroatoms. The summed E-state index contributed by atoms with van der Waals surface area (Å²) in [6.45, 7) is 2.75. The van der Waals surface area contributed by atoms with Gasteiger partial charge in [-0.05, 0) is 44.4 Å². The lowest BCUT2D eigenvalue weighted by atomic mass is 9.78. The molecule has 1 aromatic heterocycles. The summed E-state index contributed by atoms with van der Waals surface area (Å²) in [5.74, 6) is 2.76. The van der Waals surface area contributed by atoms with Gasteiger partial charge >= 0.3 is 0 Å². The highest BCUT2D eigenvalue weighted by molar-refractivity contribution is 5.81. The normalized spacial score (nSPS) is 27.6. The SMILES string of the molecule is NC1CC(c2cc(NCC3CCN(C(=O)C4CC4)CC3)ncn2)C1. The summed E-state index contributed by atoms with van der Waals surface area (Å²) in [5, 5.41) is 3.46. The molecule has 1 saturated heterocycles. The van der Waals surface area contributed by atoms with Crippen LogP contribution in [-0.2, 0) is 4.79 Å². The molecule has 0 radical (unpaired) electrons. The number of rotatable bonds is 5. The second-order valence-electron chi connectivity index (χ2n) is 7.68. The molecule has 2 heterocycles. The lowest BCUT2D eigenvalue weighted by Gasteiger charge is -2.33. The summed E-state index contributed by atoms with van der Waals surface area (Å²) in [4.78, 5) is 22.9. The highest BCUT2D eigenvalue weighted by Gasteiger charge is 2.34. The zero-order chi connectivity index (χ0) is 16.5. The average Bonchev–Trinajstić information content (AvgIpc) is 3.42. The molecule has 24 heavy (non-hydrogen) atoms. The fourth-order valence-corrected chi connectivity index (χ4v) is 3.79. The smallest absolute Gasteiger partial charge is 0.225 e. The van der Waals surface area contributed by atoms with Crippen molar-refractivity contribution in [3.8, 4) is 0 Å². The van der Waals surface area contributed by atoms with Gasteiger partial charge in [-0.3, -0.25) is 4.79 Å². The van der Waals surface area contributed by atoms with Crippen LogP contribution in [0, 0.1) is 11.8 Å². The molecule has 0 bridgehead atoms. The maximum absolute atomic E-state index is 12.1. The van der Waals surface area contributed by atoms with E-state index in [0.717, 1.165) is 69.7 Å². The van der Waals surface area contributed by atoms with Gasteiger partial charge in [-0.1, -0.05) is 0 Å². The lowest BCUT2D eigenvalue weighted by Crippen LogP contribution is -2.40. The van der Waals surface area contributed by atoms with Gasteiger partial charge in [-0.15, -0.1) is 0 Å². The number of nitrogens with one attached hydrogen (secondary N) is 1. The maximum atomic E-state index is 12.1. The number of amides is 1. The van der Waals surface area contributed by atoms with Gasteiger partial charge in [0, 0.05) is 49.3 Å². The van der Waals surface area contributed by atoms with Crippen molar-refractivity contribution < 1.29 is 4.79 Å². The molecule has 3 aliphatic rings. The molecule has 0 unspecified atom stereocenters. The van der Waals surface area contributed by atoms with E-state index < -0.39 is 0 Å². The molecule has 2 saturated carbocycles. The highest BCUT2D eigenvalue weighted by atomic mass is 16.2. The second-order valence-corrected chi connectivity index (χ2v) is 7.68. The van der Waals surface area contributed by atoms with Crippen LogP contribution in [0.3, 0.4) is 0 Å². The number of hydrogen-bond donors (Lipinski definition) is 2. The zero-order valence-corrected chi connectivity index (χ0v) is 14.2. The van der Waals surface area contributed by atoms with E-state index in [2.05, 4.69) is 26.3 Å². The third kappa shape index (κ3) is 3.53. The van der Waals surface area contributed by atoms with E-state index in [1.807, 2.05) is 0 Å². The number of nitrogens with zero attached hydrogens (tertiary/aromatic N) is 3. The molecule has 4 rings (SSSR count). The van der Waals surface area contributed by atoms with Crippen LogP contribution in [0.1, 0.15) is 50.1 Å². The first-order chi connectivity index (χ1) is 11.7. The quantitative estimate of drug-likeness (QED) is 0.859. The summed E-state index contributed by atoms with van der Waals surface area (Å²) in [6, 6.07) is 2.41. The molecule has 6 nitrogen and oxygen atoms in total. The topological polar surface area (TPSA) is 84.1 Å². The Morgan fingerprint density at radius 3 is 2.62 bits per heavy atom. The molecular weight excluding hydrogens is 302 g/mol. The van der Waals surface area contributed by atoms with Crippen LogP contribution in [0.15, 0.2) is 12.4 Å². The Balaban J connectivity index is 1.24. The predicted octanol–water partition coefficient (Wildman–Crippen LogP) is 1.74. The van der Waals surface area contributed by atoms with Gasteiger partial charge in [-0.2, -0.15) is 0 Å². The van der Waals surface area contributed by atoms with E-state index in [4.69, 9.17) is 5.73 Å². The van der Waals surface area contributed by atoms with E-state index in [9.17, 15) is 4.79 Å². The standard InChI is InChI=1S/C18H27N5O/c19-15-7-14(8-15)16-9-17(22-11-21-16)20-10-12-3-5-23(6-4-12)18(24)13-1-2-13/h9,11-15H,1-8,10,19H2,(H,20,21,22). The van der Waals surface area contributed by atoms with Crippen LogP contribution < -0.4 is 11.1 Å². The van der Waals surface area contributed by atoms with Crippen LogP contribution in [0.5, 0.6) is 0 Å². The zero-order valence-electron chi connectivity index (χ0n) is 14.2. The average molecular weight is 329 g/mol. The van der Waals surface area contributed by atoms with Crippen LogP contribution in [0.25, 0.3) is 0 Å². The lowest BCUT2D eigenvalue weighted by molar-refractivity contribution is -0.133. The summed E-state index contributed by atoms with van der Waals surface area (Å²) >= 11 is 0. The van der Waals surface area contributed by atoms with E-state index >= 15 is 0 Å². The molecule has 1 aliphatic heterocycles. The van der Waals surface area contributed by atoms with Crippen molar-refractivity contribution in [1.82, 2.24) is 14.9 Å². The first kappa shape index (κ1) is 15.8. The van der Waals surface area contributed by atoms with Crippen molar-refractivity contribution in [2.45, 2.75) is 50.5 Å². The maximum Gasteiger partial charge on any atom is 0.225 e. The first-order valence-electron chi connectivity index (χ1n) is 9.29. The Hall–Kier alpha value is -1.69. The molecule has 3 N–H and O–H groups in total. The van der Waals surface area contributed by atoms with Gasteiger partial charge in [0.15, 0.2) is 0 Å². The van der Waals surface area contributed by atoms with Crippen LogP contribution >= 0.6 is 0 Å². The molecule has 0 spiro atoms. The number of piperidine rings is 1. The van der Waals surface area contributed by atoms with Crippen molar-refractivity contribution >= 4 is 11.7 Å². The van der Waals surface area contributed by atoms with E-state index in [0.29, 0.717) is 29.7 Å². The Morgan fingerprint density at radius 1 is 1.21 bits per heavy atom. The second kappa shape index (κ2) is 6.67. The fraction of sp³-hybridized carbons (Fsp3) is 0.722. The third-order valence-electron chi connectivity index (χ3n) is 5.71. The monoisotopic (exact) mass is 329 g/mol. The van der Waals surface area contributed by atoms with Crippen molar-refractivity contribution in [3.63, 3.8) is 0 Å². The Morgan fingerprint density at radius 2 is 1.96 bits per heavy atom. The number of nitrogens with two attached hydrogens (primary N) is 1. The van der Waals surface area contributed by atoms with Gasteiger partial charge in [0.25, 0.3) is 0 Å². The third-order valence-corrected chi connectivity index (χ3v) is 5.71. The van der Waals surface area contributed by atoms with Crippen LogP contribution in [0.2, 0.25) is 0 Å². The van der Waals surface area contributed by atoms with Crippen molar-refractivity contribution in [3.05, 3.63) is 18.1 Å². The van der Waals surface area contributed by atoms with Crippen LogP contribution in [-0.4, -0.2) is 46.5 Å². The largest absolute Gasteiger partial charge is 0.370 e. The number of hydrogen-bond acceptors (Lipinski definition) is 5. The van der Waals surface area contributed by atoms with Gasteiger partial charge in [0.1, 0.15) is 12.1 Å². The summed E-state index contributed by atoms with van der Waals surface area (Å²) in [6.07, 6.45) is 8.08. The van der Waals surface area contributed by atoms with Gasteiger partial charge in [0.05, 0.1) is 0 Å². The molecule has 3 fully saturated rings. The number of carbonyl (C=O) groups excluding carboxylic acids is 1. The number of carbonyl (C=O) groups is 1. The number of aromatic nitrogens is 2. The minimum Gasteiger partial charge on any atom is -0.370 e. The highest BCUT2D eigenvalue weighted by Crippen LogP contribution is 2.35. The molecule has 2 aliphatic carbocycles. The van der Waals surface area contributed by atoms with Crippen molar-refractivity contribution in [1.29, 1.82) is 0 Å². The fourth-order valence-electron chi connectivity index (χ4n) is 3.79. The van der Waals surface area contributed by atoms with Crippen LogP contribution in [0.4, 0.5) is 5.82 Å². The summed E-state index contributed by atoms with van der Waals surface area (Å²) < 4.78 is 0.